The standard InChI is InChI=1S/C19H17O4P/c1-19(15-9-4-10-16-19)23-24(20,21-17-11-5-2-6-12-17)22-18-13-7-3-8-14-18/h2-3,5-9,11-14,16H,15H2,1H3. The van der Waals surface area contributed by atoms with E-state index in [1.165, 1.54) is 0 Å². The van der Waals surface area contributed by atoms with E-state index in [1.54, 1.807) is 67.6 Å². The van der Waals surface area contributed by atoms with Crippen LogP contribution in [0.1, 0.15) is 13.3 Å². The van der Waals surface area contributed by atoms with Gasteiger partial charge in [-0.15, -0.1) is 0 Å². The summed E-state index contributed by atoms with van der Waals surface area (Å²) in [6.45, 7) is 1.80. The van der Waals surface area contributed by atoms with Crippen LogP contribution in [0.15, 0.2) is 84.3 Å². The van der Waals surface area contributed by atoms with Crippen LogP contribution in [-0.2, 0) is 9.09 Å². The van der Waals surface area contributed by atoms with Crippen molar-refractivity contribution in [3.05, 3.63) is 84.3 Å². The lowest BCUT2D eigenvalue weighted by Gasteiger charge is -2.29. The molecule has 122 valence electrons. The number of para-hydroxylation sites is 2. The van der Waals surface area contributed by atoms with Crippen molar-refractivity contribution in [2.45, 2.75) is 18.9 Å². The summed E-state index contributed by atoms with van der Waals surface area (Å²) >= 11 is 0. The van der Waals surface area contributed by atoms with Gasteiger partial charge < -0.3 is 9.05 Å². The van der Waals surface area contributed by atoms with Gasteiger partial charge in [0.25, 0.3) is 0 Å². The number of rotatable bonds is 6. The summed E-state index contributed by atoms with van der Waals surface area (Å²) in [5, 5.41) is 0. The molecule has 1 atom stereocenters. The van der Waals surface area contributed by atoms with E-state index < -0.39 is 13.4 Å². The Bertz CT molecular complexity index is 789. The molecule has 1 unspecified atom stereocenters. The topological polar surface area (TPSA) is 44.8 Å². The summed E-state index contributed by atoms with van der Waals surface area (Å²) in [6.07, 6.45) is 3.94. The second-order valence-corrected chi connectivity index (χ2v) is 6.94. The molecule has 2 aromatic carbocycles. The third-order valence-electron chi connectivity index (χ3n) is 3.31. The van der Waals surface area contributed by atoms with Crippen molar-refractivity contribution in [1.29, 1.82) is 0 Å². The molecule has 0 radical (unpaired) electrons. The van der Waals surface area contributed by atoms with E-state index in [4.69, 9.17) is 13.6 Å². The highest BCUT2D eigenvalue weighted by atomic mass is 31.2. The fourth-order valence-electron chi connectivity index (χ4n) is 2.16. The Morgan fingerprint density at radius 3 is 1.92 bits per heavy atom. The van der Waals surface area contributed by atoms with Gasteiger partial charge in [-0.25, -0.2) is 4.57 Å². The van der Waals surface area contributed by atoms with Crippen molar-refractivity contribution in [3.8, 4) is 11.5 Å². The van der Waals surface area contributed by atoms with E-state index in [9.17, 15) is 4.57 Å². The first-order valence-corrected chi connectivity index (χ1v) is 9.00. The molecule has 0 saturated carbocycles. The molecule has 1 aliphatic rings. The minimum Gasteiger partial charge on any atom is -0.395 e. The fraction of sp³-hybridized carbons (Fsp3) is 0.158. The Morgan fingerprint density at radius 1 is 0.917 bits per heavy atom. The third-order valence-corrected chi connectivity index (χ3v) is 4.82. The van der Waals surface area contributed by atoms with Gasteiger partial charge >= 0.3 is 7.82 Å². The fourth-order valence-corrected chi connectivity index (χ4v) is 3.67. The SMILES string of the molecule is CC1(OP(=O)(Oc2ccccc2)Oc2ccccc2)C=C=C=CC1. The lowest BCUT2D eigenvalue weighted by atomic mass is 10.0. The Labute approximate surface area is 141 Å². The van der Waals surface area contributed by atoms with Crippen LogP contribution in [0.5, 0.6) is 11.5 Å². The highest BCUT2D eigenvalue weighted by Crippen LogP contribution is 2.53. The van der Waals surface area contributed by atoms with E-state index in [1.807, 2.05) is 12.1 Å². The Kier molecular flexibility index (Phi) is 4.76. The van der Waals surface area contributed by atoms with Gasteiger partial charge in [-0.3, -0.25) is 4.52 Å². The average molecular weight is 340 g/mol. The molecule has 0 fully saturated rings. The lowest BCUT2D eigenvalue weighted by Crippen LogP contribution is -2.26. The molecule has 1 aliphatic carbocycles. The first-order chi connectivity index (χ1) is 11.6. The molecule has 0 amide bonds. The Morgan fingerprint density at radius 2 is 1.46 bits per heavy atom. The zero-order valence-corrected chi connectivity index (χ0v) is 14.1. The van der Waals surface area contributed by atoms with Crippen molar-refractivity contribution in [3.63, 3.8) is 0 Å². The molecule has 2 aromatic rings. The molecule has 0 bridgehead atoms. The smallest absolute Gasteiger partial charge is 0.395 e. The molecule has 0 saturated heterocycles. The highest BCUT2D eigenvalue weighted by Gasteiger charge is 2.39. The number of phosphoric ester groups is 1. The predicted octanol–water partition coefficient (Wildman–Crippen LogP) is 5.30. The average Bonchev–Trinajstić information content (AvgIpc) is 2.56. The number of hydrogen-bond acceptors (Lipinski definition) is 4. The van der Waals surface area contributed by atoms with Crippen LogP contribution < -0.4 is 9.05 Å². The molecule has 0 aromatic heterocycles. The van der Waals surface area contributed by atoms with Gasteiger partial charge in [0, 0.05) is 6.42 Å². The van der Waals surface area contributed by atoms with Gasteiger partial charge in [0.05, 0.1) is 0 Å². The van der Waals surface area contributed by atoms with Crippen molar-refractivity contribution in [2.75, 3.05) is 0 Å². The van der Waals surface area contributed by atoms with Gasteiger partial charge in [0.2, 0.25) is 0 Å². The number of hydrogen-bond donors (Lipinski definition) is 0. The molecule has 0 heterocycles. The van der Waals surface area contributed by atoms with E-state index in [0.717, 1.165) is 0 Å². The predicted molar refractivity (Wildman–Crippen MR) is 92.0 cm³/mol. The van der Waals surface area contributed by atoms with E-state index in [2.05, 4.69) is 11.5 Å². The van der Waals surface area contributed by atoms with Gasteiger partial charge in [0.15, 0.2) is 0 Å². The van der Waals surface area contributed by atoms with Crippen LogP contribution in [0.4, 0.5) is 0 Å². The maximum Gasteiger partial charge on any atom is 0.588 e. The van der Waals surface area contributed by atoms with Gasteiger partial charge in [-0.05, 0) is 43.3 Å². The largest absolute Gasteiger partial charge is 0.588 e. The molecule has 0 N–H and O–H groups in total. The summed E-state index contributed by atoms with van der Waals surface area (Å²) in [5.41, 5.74) is 4.84. The normalized spacial score (nSPS) is 19.2. The molecular formula is C19H17O4P. The Balaban J connectivity index is 1.88. The third kappa shape index (κ3) is 4.29. The van der Waals surface area contributed by atoms with Crippen molar-refractivity contribution >= 4 is 7.82 Å². The molecule has 24 heavy (non-hydrogen) atoms. The van der Waals surface area contributed by atoms with Gasteiger partial charge in [-0.1, -0.05) is 47.9 Å². The van der Waals surface area contributed by atoms with Crippen LogP contribution in [0.2, 0.25) is 0 Å². The van der Waals surface area contributed by atoms with Crippen LogP contribution in [-0.4, -0.2) is 5.60 Å². The van der Waals surface area contributed by atoms with Gasteiger partial charge in [-0.2, -0.15) is 0 Å². The molecule has 0 aliphatic heterocycles. The summed E-state index contributed by atoms with van der Waals surface area (Å²) in [7, 11) is -3.92. The maximum absolute atomic E-state index is 13.3. The summed E-state index contributed by atoms with van der Waals surface area (Å²) in [5.74, 6) is 0.817. The van der Waals surface area contributed by atoms with Crippen LogP contribution in [0, 0.1) is 0 Å². The summed E-state index contributed by atoms with van der Waals surface area (Å²) < 4.78 is 30.3. The lowest BCUT2D eigenvalue weighted by molar-refractivity contribution is 0.0981. The first-order valence-electron chi connectivity index (χ1n) is 7.54. The van der Waals surface area contributed by atoms with Crippen LogP contribution >= 0.6 is 7.82 Å². The molecule has 3 rings (SSSR count). The molecule has 0 spiro atoms. The second kappa shape index (κ2) is 6.97. The maximum atomic E-state index is 13.3. The molecular weight excluding hydrogens is 323 g/mol. The quantitative estimate of drug-likeness (QED) is 0.529. The summed E-state index contributed by atoms with van der Waals surface area (Å²) in [4.78, 5) is 0. The van der Waals surface area contributed by atoms with Crippen molar-refractivity contribution in [2.24, 2.45) is 0 Å². The zero-order chi connectivity index (χ0) is 16.9. The van der Waals surface area contributed by atoms with Crippen LogP contribution in [0.3, 0.4) is 0 Å². The number of benzene rings is 2. The van der Waals surface area contributed by atoms with E-state index in [-0.39, 0.29) is 0 Å². The molecule has 5 heteroatoms. The zero-order valence-electron chi connectivity index (χ0n) is 13.2. The Hall–Kier alpha value is -2.47. The van der Waals surface area contributed by atoms with E-state index >= 15 is 0 Å². The van der Waals surface area contributed by atoms with Crippen molar-refractivity contribution < 1.29 is 18.1 Å². The monoisotopic (exact) mass is 340 g/mol. The van der Waals surface area contributed by atoms with Gasteiger partial charge in [0.1, 0.15) is 17.1 Å². The minimum atomic E-state index is -3.92. The second-order valence-electron chi connectivity index (χ2n) is 5.50. The minimum absolute atomic E-state index is 0.409. The molecule has 4 nitrogen and oxygen atoms in total. The van der Waals surface area contributed by atoms with Crippen molar-refractivity contribution in [1.82, 2.24) is 0 Å². The number of phosphoric acid groups is 1. The van der Waals surface area contributed by atoms with Crippen LogP contribution in [0.25, 0.3) is 0 Å². The highest BCUT2D eigenvalue weighted by molar-refractivity contribution is 7.49. The van der Waals surface area contributed by atoms with E-state index in [0.29, 0.717) is 17.9 Å². The summed E-state index contributed by atoms with van der Waals surface area (Å²) in [6, 6.07) is 17.6. The first kappa shape index (κ1) is 16.4.